The first kappa shape index (κ1) is 15.2. The van der Waals surface area contributed by atoms with Crippen molar-refractivity contribution in [1.82, 2.24) is 15.0 Å². The van der Waals surface area contributed by atoms with E-state index in [1.165, 1.54) is 18.4 Å². The van der Waals surface area contributed by atoms with Gasteiger partial charge >= 0.3 is 0 Å². The molecule has 7 heteroatoms. The molecule has 0 spiro atoms. The van der Waals surface area contributed by atoms with Gasteiger partial charge < -0.3 is 16.4 Å². The van der Waals surface area contributed by atoms with Crippen molar-refractivity contribution in [1.29, 1.82) is 0 Å². The molecule has 0 saturated heterocycles. The smallest absolute Gasteiger partial charge is 0.229 e. The number of pyridine rings is 1. The van der Waals surface area contributed by atoms with Crippen molar-refractivity contribution in [3.8, 4) is 0 Å². The molecule has 2 aromatic rings. The van der Waals surface area contributed by atoms with E-state index < -0.39 is 0 Å². The van der Waals surface area contributed by atoms with Gasteiger partial charge in [0.05, 0.1) is 11.9 Å². The summed E-state index contributed by atoms with van der Waals surface area (Å²) in [6, 6.07) is 3.80. The van der Waals surface area contributed by atoms with E-state index in [1.54, 1.807) is 6.20 Å². The lowest BCUT2D eigenvalue weighted by Crippen LogP contribution is -2.12. The number of rotatable bonds is 7. The number of anilines is 3. The number of hydrogen-bond acceptors (Lipinski definition) is 6. The minimum Gasteiger partial charge on any atom is -0.370 e. The molecule has 1 aliphatic rings. The fraction of sp³-hybridized carbons (Fsp3) is 0.400. The molecular weight excluding hydrogens is 344 g/mol. The molecule has 6 nitrogen and oxygen atoms in total. The third kappa shape index (κ3) is 3.92. The van der Waals surface area contributed by atoms with Crippen LogP contribution in [0.1, 0.15) is 30.7 Å². The zero-order chi connectivity index (χ0) is 15.4. The van der Waals surface area contributed by atoms with Crippen LogP contribution in [0.25, 0.3) is 0 Å². The van der Waals surface area contributed by atoms with E-state index in [9.17, 15) is 0 Å². The van der Waals surface area contributed by atoms with E-state index in [1.807, 2.05) is 18.3 Å². The predicted molar refractivity (Wildman–Crippen MR) is 91.4 cm³/mol. The van der Waals surface area contributed by atoms with Crippen LogP contribution in [0, 0.1) is 0 Å². The van der Waals surface area contributed by atoms with Crippen molar-refractivity contribution in [3.05, 3.63) is 34.7 Å². The lowest BCUT2D eigenvalue weighted by molar-refractivity contribution is 0.865. The van der Waals surface area contributed by atoms with Gasteiger partial charge in [0, 0.05) is 18.3 Å². The Bertz CT molecular complexity index is 626. The van der Waals surface area contributed by atoms with Gasteiger partial charge in [0.1, 0.15) is 10.4 Å². The molecule has 2 aromatic heterocycles. The van der Waals surface area contributed by atoms with Crippen molar-refractivity contribution < 1.29 is 0 Å². The Morgan fingerprint density at radius 1 is 1.23 bits per heavy atom. The molecule has 0 aliphatic heterocycles. The summed E-state index contributed by atoms with van der Waals surface area (Å²) < 4.78 is 0.798. The summed E-state index contributed by atoms with van der Waals surface area (Å²) in [7, 11) is 0. The van der Waals surface area contributed by atoms with E-state index in [4.69, 9.17) is 5.73 Å². The molecular formula is C15H19BrN6. The molecule has 2 heterocycles. The van der Waals surface area contributed by atoms with Crippen molar-refractivity contribution in [2.45, 2.75) is 25.2 Å². The van der Waals surface area contributed by atoms with E-state index in [0.29, 0.717) is 18.4 Å². The van der Waals surface area contributed by atoms with Gasteiger partial charge in [0.15, 0.2) is 0 Å². The highest BCUT2D eigenvalue weighted by atomic mass is 79.9. The highest BCUT2D eigenvalue weighted by Gasteiger charge is 2.27. The number of nitrogens with one attached hydrogen (secondary N) is 2. The minimum atomic E-state index is 0.573. The van der Waals surface area contributed by atoms with Gasteiger partial charge in [-0.3, -0.25) is 0 Å². The van der Waals surface area contributed by atoms with Gasteiger partial charge in [-0.15, -0.1) is 0 Å². The molecule has 0 atom stereocenters. The number of aromatic nitrogens is 3. The zero-order valence-electron chi connectivity index (χ0n) is 12.2. The molecule has 0 radical (unpaired) electrons. The normalized spacial score (nSPS) is 13.9. The number of hydrogen-bond donors (Lipinski definition) is 3. The monoisotopic (exact) mass is 362 g/mol. The highest BCUT2D eigenvalue weighted by Crippen LogP contribution is 2.42. The summed E-state index contributed by atoms with van der Waals surface area (Å²) in [4.78, 5) is 13.2. The summed E-state index contributed by atoms with van der Waals surface area (Å²) in [6.45, 7) is 1.50. The average Bonchev–Trinajstić information content (AvgIpc) is 3.35. The Kier molecular flexibility index (Phi) is 4.84. The van der Waals surface area contributed by atoms with E-state index in [-0.39, 0.29) is 0 Å². The van der Waals surface area contributed by atoms with Crippen LogP contribution in [0.3, 0.4) is 0 Å². The first-order valence-corrected chi connectivity index (χ1v) is 8.25. The fourth-order valence-electron chi connectivity index (χ4n) is 2.17. The zero-order valence-corrected chi connectivity index (χ0v) is 13.8. The first-order valence-electron chi connectivity index (χ1n) is 7.45. The second-order valence-corrected chi connectivity index (χ2v) is 6.15. The van der Waals surface area contributed by atoms with Crippen molar-refractivity contribution >= 4 is 33.4 Å². The molecule has 1 fully saturated rings. The quantitative estimate of drug-likeness (QED) is 0.518. The van der Waals surface area contributed by atoms with Crippen LogP contribution < -0.4 is 16.4 Å². The Morgan fingerprint density at radius 2 is 2.09 bits per heavy atom. The van der Waals surface area contributed by atoms with Gasteiger partial charge in [-0.1, -0.05) is 0 Å². The molecule has 116 valence electrons. The van der Waals surface area contributed by atoms with Crippen LogP contribution in [-0.2, 0) is 0 Å². The number of nitrogens with two attached hydrogens (primary N) is 1. The van der Waals surface area contributed by atoms with E-state index >= 15 is 0 Å². The highest BCUT2D eigenvalue weighted by molar-refractivity contribution is 9.10. The maximum Gasteiger partial charge on any atom is 0.229 e. The summed E-state index contributed by atoms with van der Waals surface area (Å²) >= 11 is 3.32. The third-order valence-electron chi connectivity index (χ3n) is 3.49. The summed E-state index contributed by atoms with van der Waals surface area (Å²) in [5.41, 5.74) is 7.61. The van der Waals surface area contributed by atoms with Gasteiger partial charge in [-0.05, 0) is 59.8 Å². The molecule has 0 amide bonds. The summed E-state index contributed by atoms with van der Waals surface area (Å²) in [5.74, 6) is 2.09. The standard InChI is InChI=1S/C15H19BrN6/c16-13-5-4-11(8-19-13)21-15-20-9-12(10-2-3-10)14(22-15)18-7-1-6-17/h4-5,8-10H,1-3,6-7,17H2,(H2,18,20,21,22). The first-order chi connectivity index (χ1) is 10.8. The predicted octanol–water partition coefficient (Wildman–Crippen LogP) is 3.02. The summed E-state index contributed by atoms with van der Waals surface area (Å²) in [5, 5.41) is 6.55. The Hall–Kier alpha value is -1.73. The van der Waals surface area contributed by atoms with Crippen LogP contribution >= 0.6 is 15.9 Å². The fourth-order valence-corrected chi connectivity index (χ4v) is 2.41. The van der Waals surface area contributed by atoms with Crippen LogP contribution in [0.15, 0.2) is 29.1 Å². The SMILES string of the molecule is NCCCNc1nc(Nc2ccc(Br)nc2)ncc1C1CC1. The molecule has 0 aromatic carbocycles. The van der Waals surface area contributed by atoms with Crippen LogP contribution in [0.4, 0.5) is 17.5 Å². The number of nitrogens with zero attached hydrogens (tertiary/aromatic N) is 3. The average molecular weight is 363 g/mol. The topological polar surface area (TPSA) is 88.8 Å². The van der Waals surface area contributed by atoms with Gasteiger partial charge in [-0.2, -0.15) is 4.98 Å². The maximum atomic E-state index is 5.55. The molecule has 4 N–H and O–H groups in total. The van der Waals surface area contributed by atoms with Crippen molar-refractivity contribution in [2.75, 3.05) is 23.7 Å². The minimum absolute atomic E-state index is 0.573. The molecule has 0 bridgehead atoms. The van der Waals surface area contributed by atoms with Crippen LogP contribution in [0.5, 0.6) is 0 Å². The molecule has 1 saturated carbocycles. The maximum absolute atomic E-state index is 5.55. The third-order valence-corrected chi connectivity index (χ3v) is 3.96. The van der Waals surface area contributed by atoms with Crippen molar-refractivity contribution in [2.24, 2.45) is 5.73 Å². The lowest BCUT2D eigenvalue weighted by Gasteiger charge is -2.12. The van der Waals surface area contributed by atoms with Crippen molar-refractivity contribution in [3.63, 3.8) is 0 Å². The Balaban J connectivity index is 1.76. The lowest BCUT2D eigenvalue weighted by atomic mass is 10.2. The Labute approximate surface area is 138 Å². The van der Waals surface area contributed by atoms with Crippen LogP contribution in [0.2, 0.25) is 0 Å². The molecule has 1 aliphatic carbocycles. The van der Waals surface area contributed by atoms with E-state index in [0.717, 1.165) is 29.1 Å². The molecule has 3 rings (SSSR count). The second kappa shape index (κ2) is 7.02. The molecule has 22 heavy (non-hydrogen) atoms. The Morgan fingerprint density at radius 3 is 2.77 bits per heavy atom. The van der Waals surface area contributed by atoms with Crippen LogP contribution in [-0.4, -0.2) is 28.0 Å². The van der Waals surface area contributed by atoms with Gasteiger partial charge in [0.25, 0.3) is 0 Å². The van der Waals surface area contributed by atoms with Gasteiger partial charge in [-0.25, -0.2) is 9.97 Å². The number of halogens is 1. The largest absolute Gasteiger partial charge is 0.370 e. The van der Waals surface area contributed by atoms with Gasteiger partial charge in [0.2, 0.25) is 5.95 Å². The molecule has 0 unspecified atom stereocenters. The summed E-state index contributed by atoms with van der Waals surface area (Å²) in [6.07, 6.45) is 7.03. The second-order valence-electron chi connectivity index (χ2n) is 5.34. The van der Waals surface area contributed by atoms with E-state index in [2.05, 4.69) is 41.5 Å².